The van der Waals surface area contributed by atoms with E-state index in [0.717, 1.165) is 12.3 Å². The minimum atomic E-state index is 0.317. The molecule has 1 fully saturated rings. The molecule has 0 aromatic heterocycles. The van der Waals surface area contributed by atoms with Gasteiger partial charge in [-0.1, -0.05) is 38.1 Å². The Morgan fingerprint density at radius 1 is 1.47 bits per heavy atom. The van der Waals surface area contributed by atoms with E-state index in [-0.39, 0.29) is 0 Å². The molecule has 1 aliphatic rings. The summed E-state index contributed by atoms with van der Waals surface area (Å²) in [5, 5.41) is 0. The van der Waals surface area contributed by atoms with Gasteiger partial charge >= 0.3 is 0 Å². The van der Waals surface area contributed by atoms with E-state index in [0.29, 0.717) is 12.0 Å². The van der Waals surface area contributed by atoms with Gasteiger partial charge in [-0.25, -0.2) is 0 Å². The zero-order chi connectivity index (χ0) is 13.7. The van der Waals surface area contributed by atoms with E-state index in [4.69, 9.17) is 4.74 Å². The van der Waals surface area contributed by atoms with Crippen LogP contribution in [0.2, 0.25) is 0 Å². The first-order chi connectivity index (χ1) is 9.20. The molecule has 2 heteroatoms. The summed E-state index contributed by atoms with van der Waals surface area (Å²) in [4.78, 5) is 2.44. The van der Waals surface area contributed by atoms with Gasteiger partial charge in [0.1, 0.15) is 12.4 Å². The molecule has 1 aliphatic heterocycles. The summed E-state index contributed by atoms with van der Waals surface area (Å²) in [5.74, 6) is 0.961. The molecule has 0 aliphatic carbocycles. The fourth-order valence-electron chi connectivity index (χ4n) is 3.21. The van der Waals surface area contributed by atoms with Crippen LogP contribution in [0.15, 0.2) is 36.9 Å². The Hall–Kier alpha value is -1.28. The van der Waals surface area contributed by atoms with Gasteiger partial charge in [0.15, 0.2) is 0 Å². The zero-order valence-electron chi connectivity index (χ0n) is 12.2. The predicted octanol–water partition coefficient (Wildman–Crippen LogP) is 3.62. The topological polar surface area (TPSA) is 12.5 Å². The van der Waals surface area contributed by atoms with E-state index < -0.39 is 0 Å². The highest BCUT2D eigenvalue weighted by molar-refractivity contribution is 5.35. The Labute approximate surface area is 117 Å². The van der Waals surface area contributed by atoms with Crippen molar-refractivity contribution in [3.8, 4) is 5.75 Å². The monoisotopic (exact) mass is 259 g/mol. The van der Waals surface area contributed by atoms with Crippen LogP contribution in [0.3, 0.4) is 0 Å². The minimum Gasteiger partial charge on any atom is -0.490 e. The average Bonchev–Trinajstić information content (AvgIpc) is 2.80. The molecule has 104 valence electrons. The maximum atomic E-state index is 5.67. The number of hydrogen-bond acceptors (Lipinski definition) is 2. The molecule has 2 nitrogen and oxygen atoms in total. The standard InChI is InChI=1S/C17H25NO/c1-4-9-17(10-11-18(3)14-17)15-7-6-8-16(13-15)19-12-5-2/h5-8,13H,2,4,9-12,14H2,1,3H3/t17-/m0/s1. The second-order valence-electron chi connectivity index (χ2n) is 5.65. The average molecular weight is 259 g/mol. The Bertz CT molecular complexity index is 425. The van der Waals surface area contributed by atoms with Crippen molar-refractivity contribution in [2.45, 2.75) is 31.6 Å². The molecule has 1 aromatic rings. The number of benzene rings is 1. The normalized spacial score (nSPS) is 23.5. The first-order valence-electron chi connectivity index (χ1n) is 7.23. The van der Waals surface area contributed by atoms with Crippen LogP contribution in [0.1, 0.15) is 31.7 Å². The molecule has 19 heavy (non-hydrogen) atoms. The summed E-state index contributed by atoms with van der Waals surface area (Å²) in [5.41, 5.74) is 1.75. The Morgan fingerprint density at radius 2 is 2.32 bits per heavy atom. The molecule has 2 rings (SSSR count). The summed E-state index contributed by atoms with van der Waals surface area (Å²) in [6.45, 7) is 8.90. The second-order valence-corrected chi connectivity index (χ2v) is 5.65. The molecule has 1 heterocycles. The number of ether oxygens (including phenoxy) is 1. The van der Waals surface area contributed by atoms with Crippen molar-refractivity contribution in [2.75, 3.05) is 26.7 Å². The highest BCUT2D eigenvalue weighted by atomic mass is 16.5. The molecule has 0 bridgehead atoms. The highest BCUT2D eigenvalue weighted by Gasteiger charge is 2.37. The lowest BCUT2D eigenvalue weighted by atomic mass is 9.76. The van der Waals surface area contributed by atoms with Crippen molar-refractivity contribution in [1.29, 1.82) is 0 Å². The van der Waals surface area contributed by atoms with Crippen LogP contribution < -0.4 is 4.74 Å². The molecular formula is C17H25NO. The van der Waals surface area contributed by atoms with Crippen LogP contribution in [0.5, 0.6) is 5.75 Å². The molecule has 1 aromatic carbocycles. The quantitative estimate of drug-likeness (QED) is 0.723. The molecule has 1 saturated heterocycles. The molecule has 0 unspecified atom stereocenters. The van der Waals surface area contributed by atoms with Crippen molar-refractivity contribution < 1.29 is 4.74 Å². The molecular weight excluding hydrogens is 234 g/mol. The van der Waals surface area contributed by atoms with Gasteiger partial charge in [-0.3, -0.25) is 0 Å². The minimum absolute atomic E-state index is 0.317. The second kappa shape index (κ2) is 6.25. The summed E-state index contributed by atoms with van der Waals surface area (Å²) in [6.07, 6.45) is 5.52. The van der Waals surface area contributed by atoms with Gasteiger partial charge in [-0.05, 0) is 44.1 Å². The molecule has 0 radical (unpaired) electrons. The number of likely N-dealkylation sites (tertiary alicyclic amines) is 1. The van der Waals surface area contributed by atoms with Gasteiger partial charge in [-0.15, -0.1) is 0 Å². The van der Waals surface area contributed by atoms with Crippen molar-refractivity contribution in [1.82, 2.24) is 4.90 Å². The number of nitrogens with zero attached hydrogens (tertiary/aromatic N) is 1. The molecule has 1 atom stereocenters. The number of rotatable bonds is 6. The lowest BCUT2D eigenvalue weighted by molar-refractivity contribution is 0.344. The fourth-order valence-corrected chi connectivity index (χ4v) is 3.21. The maximum absolute atomic E-state index is 5.67. The lowest BCUT2D eigenvalue weighted by Gasteiger charge is -2.29. The van der Waals surface area contributed by atoms with Crippen molar-refractivity contribution in [3.05, 3.63) is 42.5 Å². The molecule has 0 amide bonds. The predicted molar refractivity (Wildman–Crippen MR) is 80.8 cm³/mol. The van der Waals surface area contributed by atoms with E-state index in [2.05, 4.69) is 43.6 Å². The van der Waals surface area contributed by atoms with Crippen LogP contribution in [0, 0.1) is 0 Å². The highest BCUT2D eigenvalue weighted by Crippen LogP contribution is 2.39. The van der Waals surface area contributed by atoms with Crippen molar-refractivity contribution in [3.63, 3.8) is 0 Å². The Kier molecular flexibility index (Phi) is 4.65. The first-order valence-corrected chi connectivity index (χ1v) is 7.23. The van der Waals surface area contributed by atoms with E-state index in [1.54, 1.807) is 6.08 Å². The molecule has 0 saturated carbocycles. The van der Waals surface area contributed by atoms with Gasteiger partial charge in [0.05, 0.1) is 0 Å². The fraction of sp³-hybridized carbons (Fsp3) is 0.529. The van der Waals surface area contributed by atoms with Gasteiger partial charge in [0.25, 0.3) is 0 Å². The number of likely N-dealkylation sites (N-methyl/N-ethyl adjacent to an activating group) is 1. The largest absolute Gasteiger partial charge is 0.490 e. The summed E-state index contributed by atoms with van der Waals surface area (Å²) >= 11 is 0. The van der Waals surface area contributed by atoms with E-state index in [9.17, 15) is 0 Å². The molecule has 0 spiro atoms. The third kappa shape index (κ3) is 3.19. The Morgan fingerprint density at radius 3 is 2.95 bits per heavy atom. The summed E-state index contributed by atoms with van der Waals surface area (Å²) < 4.78 is 5.67. The smallest absolute Gasteiger partial charge is 0.120 e. The summed E-state index contributed by atoms with van der Waals surface area (Å²) in [7, 11) is 2.22. The lowest BCUT2D eigenvalue weighted by Crippen LogP contribution is -2.29. The third-order valence-electron chi connectivity index (χ3n) is 4.09. The van der Waals surface area contributed by atoms with Crippen LogP contribution in [-0.4, -0.2) is 31.6 Å². The van der Waals surface area contributed by atoms with E-state index in [1.165, 1.54) is 31.4 Å². The van der Waals surface area contributed by atoms with Crippen LogP contribution in [0.4, 0.5) is 0 Å². The van der Waals surface area contributed by atoms with E-state index >= 15 is 0 Å². The molecule has 0 N–H and O–H groups in total. The van der Waals surface area contributed by atoms with Gasteiger partial charge in [-0.2, -0.15) is 0 Å². The Balaban J connectivity index is 2.24. The van der Waals surface area contributed by atoms with Crippen LogP contribution >= 0.6 is 0 Å². The number of hydrogen-bond donors (Lipinski definition) is 0. The van der Waals surface area contributed by atoms with Gasteiger partial charge in [0, 0.05) is 12.0 Å². The zero-order valence-corrected chi connectivity index (χ0v) is 12.2. The first kappa shape index (κ1) is 14.1. The van der Waals surface area contributed by atoms with Crippen LogP contribution in [-0.2, 0) is 5.41 Å². The third-order valence-corrected chi connectivity index (χ3v) is 4.09. The SMILES string of the molecule is C=CCOc1cccc([C@@]2(CCC)CCN(C)C2)c1. The van der Waals surface area contributed by atoms with Crippen LogP contribution in [0.25, 0.3) is 0 Å². The van der Waals surface area contributed by atoms with Crippen molar-refractivity contribution >= 4 is 0 Å². The van der Waals surface area contributed by atoms with Crippen molar-refractivity contribution in [2.24, 2.45) is 0 Å². The van der Waals surface area contributed by atoms with E-state index in [1.807, 2.05) is 6.07 Å². The summed E-state index contributed by atoms with van der Waals surface area (Å²) in [6, 6.07) is 8.63. The van der Waals surface area contributed by atoms with Gasteiger partial charge in [0.2, 0.25) is 0 Å². The van der Waals surface area contributed by atoms with Gasteiger partial charge < -0.3 is 9.64 Å². The maximum Gasteiger partial charge on any atom is 0.120 e.